The second-order valence-electron chi connectivity index (χ2n) is 5.39. The van der Waals surface area contributed by atoms with E-state index in [4.69, 9.17) is 4.42 Å². The molecule has 1 aromatic heterocycles. The number of hydrogen-bond acceptors (Lipinski definition) is 6. The SMILES string of the molecule is CCS(=O)(=O)c1ccccc1C(=O)Nc1nnc(-c2ccc(F)cc2F)o1. The second-order valence-corrected chi connectivity index (χ2v) is 7.64. The van der Waals surface area contributed by atoms with E-state index < -0.39 is 27.4 Å². The van der Waals surface area contributed by atoms with Crippen LogP contribution in [0.1, 0.15) is 17.3 Å². The van der Waals surface area contributed by atoms with Gasteiger partial charge in [0.25, 0.3) is 11.8 Å². The molecule has 0 saturated heterocycles. The predicted octanol–water partition coefficient (Wildman–Crippen LogP) is 3.06. The van der Waals surface area contributed by atoms with Gasteiger partial charge in [0.15, 0.2) is 9.84 Å². The number of anilines is 1. The van der Waals surface area contributed by atoms with Crippen LogP contribution < -0.4 is 5.32 Å². The number of benzene rings is 2. The fourth-order valence-electron chi connectivity index (χ4n) is 2.29. The summed E-state index contributed by atoms with van der Waals surface area (Å²) in [5.74, 6) is -2.89. The van der Waals surface area contributed by atoms with Gasteiger partial charge in [0.1, 0.15) is 11.6 Å². The summed E-state index contributed by atoms with van der Waals surface area (Å²) in [5, 5.41) is 9.45. The molecule has 0 aliphatic carbocycles. The normalized spacial score (nSPS) is 11.4. The van der Waals surface area contributed by atoms with Crippen molar-refractivity contribution in [1.29, 1.82) is 0 Å². The Morgan fingerprint density at radius 1 is 1.15 bits per heavy atom. The molecule has 0 saturated carbocycles. The lowest BCUT2D eigenvalue weighted by molar-refractivity contribution is 0.102. The Kier molecular flexibility index (Phi) is 5.00. The Balaban J connectivity index is 1.88. The van der Waals surface area contributed by atoms with Gasteiger partial charge in [-0.15, -0.1) is 5.10 Å². The molecule has 0 bridgehead atoms. The molecule has 1 N–H and O–H groups in total. The van der Waals surface area contributed by atoms with Crippen molar-refractivity contribution in [2.24, 2.45) is 0 Å². The zero-order valence-electron chi connectivity index (χ0n) is 13.9. The Bertz CT molecular complexity index is 1110. The maximum atomic E-state index is 13.8. The molecule has 0 atom stereocenters. The molecular formula is C17H13F2N3O4S. The van der Waals surface area contributed by atoms with Crippen molar-refractivity contribution >= 4 is 21.8 Å². The number of amides is 1. The van der Waals surface area contributed by atoms with Crippen LogP contribution in [0, 0.1) is 11.6 Å². The maximum Gasteiger partial charge on any atom is 0.322 e. The number of nitrogens with zero attached hydrogens (tertiary/aromatic N) is 2. The summed E-state index contributed by atoms with van der Waals surface area (Å²) in [6.45, 7) is 1.46. The molecule has 0 fully saturated rings. The van der Waals surface area contributed by atoms with Crippen molar-refractivity contribution < 1.29 is 26.4 Å². The van der Waals surface area contributed by atoms with Gasteiger partial charge in [-0.2, -0.15) is 0 Å². The fourth-order valence-corrected chi connectivity index (χ4v) is 3.38. The maximum absolute atomic E-state index is 13.8. The summed E-state index contributed by atoms with van der Waals surface area (Å²) >= 11 is 0. The number of nitrogens with one attached hydrogen (secondary N) is 1. The number of aromatic nitrogens is 2. The Hall–Kier alpha value is -3.14. The van der Waals surface area contributed by atoms with Gasteiger partial charge in [-0.25, -0.2) is 17.2 Å². The molecule has 27 heavy (non-hydrogen) atoms. The number of rotatable bonds is 5. The van der Waals surface area contributed by atoms with Crippen LogP contribution in [0.25, 0.3) is 11.5 Å². The lowest BCUT2D eigenvalue weighted by atomic mass is 10.2. The molecule has 0 radical (unpaired) electrons. The number of sulfone groups is 1. The third kappa shape index (κ3) is 3.85. The first-order valence-electron chi connectivity index (χ1n) is 7.74. The van der Waals surface area contributed by atoms with Crippen LogP contribution in [0.5, 0.6) is 0 Å². The van der Waals surface area contributed by atoms with Crippen molar-refractivity contribution in [3.63, 3.8) is 0 Å². The first-order valence-corrected chi connectivity index (χ1v) is 9.39. The summed E-state index contributed by atoms with van der Waals surface area (Å²) in [4.78, 5) is 12.3. The predicted molar refractivity (Wildman–Crippen MR) is 91.8 cm³/mol. The van der Waals surface area contributed by atoms with Crippen LogP contribution >= 0.6 is 0 Å². The summed E-state index contributed by atoms with van der Waals surface area (Å²) < 4.78 is 56.2. The molecule has 0 aliphatic rings. The molecule has 3 rings (SSSR count). The van der Waals surface area contributed by atoms with E-state index >= 15 is 0 Å². The van der Waals surface area contributed by atoms with Gasteiger partial charge >= 0.3 is 6.01 Å². The van der Waals surface area contributed by atoms with Gasteiger partial charge in [-0.1, -0.05) is 24.2 Å². The fraction of sp³-hybridized carbons (Fsp3) is 0.118. The van der Waals surface area contributed by atoms with Crippen molar-refractivity contribution in [2.45, 2.75) is 11.8 Å². The highest BCUT2D eigenvalue weighted by Gasteiger charge is 2.22. The van der Waals surface area contributed by atoms with Crippen LogP contribution in [-0.2, 0) is 9.84 Å². The number of carbonyl (C=O) groups excluding carboxylic acids is 1. The van der Waals surface area contributed by atoms with E-state index in [1.54, 1.807) is 0 Å². The van der Waals surface area contributed by atoms with Crippen LogP contribution in [-0.4, -0.2) is 30.3 Å². The minimum Gasteiger partial charge on any atom is -0.403 e. The molecule has 1 amide bonds. The number of hydrogen-bond donors (Lipinski definition) is 1. The van der Waals surface area contributed by atoms with Gasteiger partial charge in [-0.3, -0.25) is 10.1 Å². The Labute approximate surface area is 153 Å². The third-order valence-corrected chi connectivity index (χ3v) is 5.44. The number of halogens is 2. The molecular weight excluding hydrogens is 380 g/mol. The topological polar surface area (TPSA) is 102 Å². The molecule has 10 heteroatoms. The standard InChI is InChI=1S/C17H13F2N3O4S/c1-2-27(24,25)14-6-4-3-5-12(14)15(23)20-17-22-21-16(26-17)11-8-7-10(18)9-13(11)19/h3-9H,2H2,1H3,(H,20,22,23). The Morgan fingerprint density at radius 2 is 1.89 bits per heavy atom. The highest BCUT2D eigenvalue weighted by molar-refractivity contribution is 7.91. The average molecular weight is 393 g/mol. The first kappa shape index (κ1) is 18.6. The van der Waals surface area contributed by atoms with Crippen LogP contribution in [0.2, 0.25) is 0 Å². The summed E-state index contributed by atoms with van der Waals surface area (Å²) in [6, 6.07) is 8.11. The van der Waals surface area contributed by atoms with Crippen LogP contribution in [0.3, 0.4) is 0 Å². The first-order chi connectivity index (χ1) is 12.8. The summed E-state index contributed by atoms with van der Waals surface area (Å²) in [7, 11) is -3.63. The van der Waals surface area contributed by atoms with E-state index in [1.807, 2.05) is 0 Å². The molecule has 0 aliphatic heterocycles. The molecule has 140 valence electrons. The van der Waals surface area contributed by atoms with Gasteiger partial charge in [0.2, 0.25) is 0 Å². The van der Waals surface area contributed by atoms with E-state index in [2.05, 4.69) is 15.5 Å². The van der Waals surface area contributed by atoms with Gasteiger partial charge in [0.05, 0.1) is 21.8 Å². The van der Waals surface area contributed by atoms with E-state index in [-0.39, 0.29) is 33.7 Å². The van der Waals surface area contributed by atoms with Gasteiger partial charge < -0.3 is 4.42 Å². The monoisotopic (exact) mass is 393 g/mol. The molecule has 7 nitrogen and oxygen atoms in total. The lowest BCUT2D eigenvalue weighted by Crippen LogP contribution is -2.17. The van der Waals surface area contributed by atoms with Crippen molar-refractivity contribution in [3.05, 3.63) is 59.7 Å². The minimum absolute atomic E-state index is 0.0907. The van der Waals surface area contributed by atoms with E-state index in [0.29, 0.717) is 6.07 Å². The zero-order valence-corrected chi connectivity index (χ0v) is 14.8. The average Bonchev–Trinajstić information content (AvgIpc) is 3.09. The van der Waals surface area contributed by atoms with Crippen molar-refractivity contribution in [1.82, 2.24) is 10.2 Å². The molecule has 0 spiro atoms. The number of carbonyl (C=O) groups is 1. The van der Waals surface area contributed by atoms with Crippen LogP contribution in [0.4, 0.5) is 14.8 Å². The Morgan fingerprint density at radius 3 is 2.59 bits per heavy atom. The second kappa shape index (κ2) is 7.23. The van der Waals surface area contributed by atoms with Crippen molar-refractivity contribution in [2.75, 3.05) is 11.1 Å². The van der Waals surface area contributed by atoms with E-state index in [0.717, 1.165) is 12.1 Å². The zero-order chi connectivity index (χ0) is 19.6. The molecule has 0 unspecified atom stereocenters. The smallest absolute Gasteiger partial charge is 0.322 e. The minimum atomic E-state index is -3.63. The summed E-state index contributed by atoms with van der Waals surface area (Å²) in [6.07, 6.45) is 0. The molecule has 1 heterocycles. The van der Waals surface area contributed by atoms with Crippen molar-refractivity contribution in [3.8, 4) is 11.5 Å². The lowest BCUT2D eigenvalue weighted by Gasteiger charge is -2.07. The van der Waals surface area contributed by atoms with Gasteiger partial charge in [0, 0.05) is 6.07 Å². The van der Waals surface area contributed by atoms with Crippen LogP contribution in [0.15, 0.2) is 51.8 Å². The van der Waals surface area contributed by atoms with E-state index in [9.17, 15) is 22.0 Å². The van der Waals surface area contributed by atoms with E-state index in [1.165, 1.54) is 31.2 Å². The molecule has 3 aromatic rings. The highest BCUT2D eigenvalue weighted by Crippen LogP contribution is 2.24. The summed E-state index contributed by atoms with van der Waals surface area (Å²) in [5.41, 5.74) is -0.231. The molecule has 2 aromatic carbocycles. The third-order valence-electron chi connectivity index (χ3n) is 3.65. The van der Waals surface area contributed by atoms with Gasteiger partial charge in [-0.05, 0) is 24.3 Å². The quantitative estimate of drug-likeness (QED) is 0.715. The largest absolute Gasteiger partial charge is 0.403 e. The highest BCUT2D eigenvalue weighted by atomic mass is 32.2.